The van der Waals surface area contributed by atoms with Gasteiger partial charge in [-0.3, -0.25) is 4.79 Å². The third-order valence-electron chi connectivity index (χ3n) is 3.88. The van der Waals surface area contributed by atoms with Crippen molar-refractivity contribution in [1.29, 1.82) is 0 Å². The Morgan fingerprint density at radius 2 is 2.13 bits per heavy atom. The van der Waals surface area contributed by atoms with E-state index in [0.29, 0.717) is 28.6 Å². The van der Waals surface area contributed by atoms with Gasteiger partial charge in [0.25, 0.3) is 0 Å². The molecule has 0 saturated heterocycles. The number of furan rings is 1. The summed E-state index contributed by atoms with van der Waals surface area (Å²) in [5.74, 6) is -1.72. The van der Waals surface area contributed by atoms with E-state index in [4.69, 9.17) is 9.52 Å². The number of ketones is 1. The van der Waals surface area contributed by atoms with Crippen molar-refractivity contribution in [2.24, 2.45) is 0 Å². The predicted octanol–water partition coefficient (Wildman–Crippen LogP) is 4.40. The van der Waals surface area contributed by atoms with E-state index in [1.54, 1.807) is 6.07 Å². The summed E-state index contributed by atoms with van der Waals surface area (Å²) in [5, 5.41) is 9.15. The first kappa shape index (κ1) is 15.7. The number of Topliss-reactive ketones (excluding diaryl/α,β-unsaturated/α-hetero) is 1. The molecule has 0 spiro atoms. The number of carboxylic acid groups (broad SMARTS) is 1. The highest BCUT2D eigenvalue weighted by atomic mass is 79.9. The third kappa shape index (κ3) is 2.63. The number of hydrogen-bond acceptors (Lipinski definition) is 3. The van der Waals surface area contributed by atoms with Gasteiger partial charge in [-0.05, 0) is 47.0 Å². The van der Waals surface area contributed by atoms with E-state index in [0.717, 1.165) is 11.8 Å². The first-order chi connectivity index (χ1) is 10.9. The SMILES string of the molecule is Cc1ccc(F)c(/C=C2\CCc3occ(C(=O)O)c3C2=O)c1Br. The number of hydrogen-bond donors (Lipinski definition) is 1. The normalized spacial score (nSPS) is 15.8. The van der Waals surface area contributed by atoms with Crippen molar-refractivity contribution in [3.63, 3.8) is 0 Å². The molecule has 1 aliphatic rings. The van der Waals surface area contributed by atoms with Gasteiger partial charge >= 0.3 is 5.97 Å². The zero-order valence-electron chi connectivity index (χ0n) is 12.2. The van der Waals surface area contributed by atoms with E-state index < -0.39 is 17.6 Å². The number of carboxylic acids is 1. The Balaban J connectivity index is 2.10. The minimum atomic E-state index is -1.22. The summed E-state index contributed by atoms with van der Waals surface area (Å²) in [7, 11) is 0. The lowest BCUT2D eigenvalue weighted by Crippen LogP contribution is -2.16. The molecule has 1 aromatic heterocycles. The maximum Gasteiger partial charge on any atom is 0.339 e. The highest BCUT2D eigenvalue weighted by molar-refractivity contribution is 9.10. The van der Waals surface area contributed by atoms with Crippen LogP contribution >= 0.6 is 15.9 Å². The molecule has 0 unspecified atom stereocenters. The van der Waals surface area contributed by atoms with E-state index in [9.17, 15) is 14.0 Å². The summed E-state index contributed by atoms with van der Waals surface area (Å²) in [5.41, 5.74) is 1.42. The number of aryl methyl sites for hydroxylation is 2. The smallest absolute Gasteiger partial charge is 0.339 e. The van der Waals surface area contributed by atoms with Crippen LogP contribution in [0.3, 0.4) is 0 Å². The van der Waals surface area contributed by atoms with E-state index in [1.165, 1.54) is 12.1 Å². The number of carbonyl (C=O) groups is 2. The second kappa shape index (κ2) is 5.77. The molecule has 1 aromatic carbocycles. The van der Waals surface area contributed by atoms with Crippen LogP contribution in [0.15, 0.2) is 32.9 Å². The molecule has 1 N–H and O–H groups in total. The Morgan fingerprint density at radius 1 is 1.39 bits per heavy atom. The van der Waals surface area contributed by atoms with E-state index in [-0.39, 0.29) is 16.7 Å². The van der Waals surface area contributed by atoms with Gasteiger partial charge in [-0.25, -0.2) is 9.18 Å². The van der Waals surface area contributed by atoms with Gasteiger partial charge in [0.1, 0.15) is 23.4 Å². The van der Waals surface area contributed by atoms with E-state index in [2.05, 4.69) is 15.9 Å². The zero-order valence-corrected chi connectivity index (χ0v) is 13.7. The van der Waals surface area contributed by atoms with E-state index >= 15 is 0 Å². The van der Waals surface area contributed by atoms with Crippen molar-refractivity contribution in [3.05, 3.63) is 62.3 Å². The van der Waals surface area contributed by atoms with Gasteiger partial charge in [-0.2, -0.15) is 0 Å². The minimum absolute atomic E-state index is 0.0687. The topological polar surface area (TPSA) is 67.5 Å². The summed E-state index contributed by atoms with van der Waals surface area (Å²) < 4.78 is 19.8. The maximum atomic E-state index is 14.1. The van der Waals surface area contributed by atoms with Crippen molar-refractivity contribution >= 4 is 33.8 Å². The van der Waals surface area contributed by atoms with Crippen LogP contribution in [0.1, 0.15) is 44.0 Å². The summed E-state index contributed by atoms with van der Waals surface area (Å²) in [6.07, 6.45) is 3.34. The highest BCUT2D eigenvalue weighted by Gasteiger charge is 2.31. The second-order valence-corrected chi connectivity index (χ2v) is 6.14. The Hall–Kier alpha value is -2.21. The van der Waals surface area contributed by atoms with Crippen LogP contribution in [0.4, 0.5) is 4.39 Å². The van der Waals surface area contributed by atoms with Crippen LogP contribution in [0.2, 0.25) is 0 Å². The maximum absolute atomic E-state index is 14.1. The Kier molecular flexibility index (Phi) is 3.93. The second-order valence-electron chi connectivity index (χ2n) is 5.34. The van der Waals surface area contributed by atoms with Gasteiger partial charge in [0.05, 0.1) is 5.56 Å². The number of aromatic carboxylic acids is 1. The fraction of sp³-hybridized carbons (Fsp3) is 0.176. The number of halogens is 2. The Morgan fingerprint density at radius 3 is 2.83 bits per heavy atom. The number of carbonyl (C=O) groups excluding carboxylic acids is 1. The molecule has 0 amide bonds. The number of rotatable bonds is 2. The molecular weight excluding hydrogens is 367 g/mol. The van der Waals surface area contributed by atoms with Gasteiger partial charge in [0, 0.05) is 22.0 Å². The van der Waals surface area contributed by atoms with Crippen molar-refractivity contribution < 1.29 is 23.5 Å². The molecule has 0 radical (unpaired) electrons. The molecule has 4 nitrogen and oxygen atoms in total. The molecule has 6 heteroatoms. The quantitative estimate of drug-likeness (QED) is 0.786. The monoisotopic (exact) mass is 378 g/mol. The van der Waals surface area contributed by atoms with Crippen LogP contribution in [-0.2, 0) is 6.42 Å². The molecule has 0 bridgehead atoms. The fourth-order valence-electron chi connectivity index (χ4n) is 2.63. The number of fused-ring (bicyclic) bond motifs is 1. The van der Waals surface area contributed by atoms with Crippen LogP contribution in [0.5, 0.6) is 0 Å². The van der Waals surface area contributed by atoms with Crippen molar-refractivity contribution in [2.45, 2.75) is 19.8 Å². The molecule has 118 valence electrons. The third-order valence-corrected chi connectivity index (χ3v) is 4.93. The largest absolute Gasteiger partial charge is 0.478 e. The van der Waals surface area contributed by atoms with Gasteiger partial charge in [0.15, 0.2) is 5.78 Å². The van der Waals surface area contributed by atoms with Crippen LogP contribution in [-0.4, -0.2) is 16.9 Å². The Labute approximate surface area is 139 Å². The summed E-state index contributed by atoms with van der Waals surface area (Å²) in [6, 6.07) is 2.98. The summed E-state index contributed by atoms with van der Waals surface area (Å²) in [4.78, 5) is 23.8. The average molecular weight is 379 g/mol. The Bertz CT molecular complexity index is 864. The molecule has 23 heavy (non-hydrogen) atoms. The molecule has 1 heterocycles. The van der Waals surface area contributed by atoms with Gasteiger partial charge < -0.3 is 9.52 Å². The first-order valence-electron chi connectivity index (χ1n) is 6.93. The lowest BCUT2D eigenvalue weighted by molar-refractivity contribution is 0.0692. The zero-order chi connectivity index (χ0) is 16.7. The molecule has 2 aromatic rings. The van der Waals surface area contributed by atoms with Crippen molar-refractivity contribution in [2.75, 3.05) is 0 Å². The summed E-state index contributed by atoms with van der Waals surface area (Å²) in [6.45, 7) is 1.82. The number of allylic oxidation sites excluding steroid dienone is 1. The van der Waals surface area contributed by atoms with Gasteiger partial charge in [-0.15, -0.1) is 0 Å². The van der Waals surface area contributed by atoms with E-state index in [1.807, 2.05) is 6.92 Å². The molecular formula is C17H12BrFO4. The van der Waals surface area contributed by atoms with Gasteiger partial charge in [-0.1, -0.05) is 6.07 Å². The highest BCUT2D eigenvalue weighted by Crippen LogP contribution is 2.33. The molecule has 3 rings (SSSR count). The van der Waals surface area contributed by atoms with Crippen LogP contribution in [0, 0.1) is 12.7 Å². The predicted molar refractivity (Wildman–Crippen MR) is 85.1 cm³/mol. The van der Waals surface area contributed by atoms with Crippen molar-refractivity contribution in [3.8, 4) is 0 Å². The van der Waals surface area contributed by atoms with Crippen molar-refractivity contribution in [1.82, 2.24) is 0 Å². The summed E-state index contributed by atoms with van der Waals surface area (Å²) >= 11 is 3.33. The molecule has 0 fully saturated rings. The first-order valence-corrected chi connectivity index (χ1v) is 7.73. The van der Waals surface area contributed by atoms with Crippen LogP contribution in [0.25, 0.3) is 6.08 Å². The fourth-order valence-corrected chi connectivity index (χ4v) is 3.07. The van der Waals surface area contributed by atoms with Crippen LogP contribution < -0.4 is 0 Å². The lowest BCUT2D eigenvalue weighted by Gasteiger charge is -2.14. The lowest BCUT2D eigenvalue weighted by atomic mass is 9.88. The minimum Gasteiger partial charge on any atom is -0.478 e. The molecule has 1 aliphatic carbocycles. The van der Waals surface area contributed by atoms with Gasteiger partial charge in [0.2, 0.25) is 0 Å². The molecule has 0 saturated carbocycles. The standard InChI is InChI=1S/C17H12BrFO4/c1-8-2-4-12(19)10(15(8)18)6-9-3-5-13-14(16(9)20)11(7-23-13)17(21)22/h2,4,6-7H,3,5H2,1H3,(H,21,22)/b9-6+. The molecule has 0 aliphatic heterocycles. The molecule has 0 atom stereocenters. The number of benzene rings is 1. The average Bonchev–Trinajstić information content (AvgIpc) is 2.95.